The van der Waals surface area contributed by atoms with Gasteiger partial charge in [0, 0.05) is 42.0 Å². The van der Waals surface area contributed by atoms with Crippen LogP contribution in [-0.4, -0.2) is 31.9 Å². The van der Waals surface area contributed by atoms with Crippen LogP contribution < -0.4 is 5.32 Å². The van der Waals surface area contributed by atoms with Crippen molar-refractivity contribution in [3.05, 3.63) is 77.7 Å². The second kappa shape index (κ2) is 11.7. The maximum absolute atomic E-state index is 13.5. The summed E-state index contributed by atoms with van der Waals surface area (Å²) in [7, 11) is -3.63. The lowest BCUT2D eigenvalue weighted by Crippen LogP contribution is -2.64. The van der Waals surface area contributed by atoms with Crippen molar-refractivity contribution in [2.45, 2.75) is 93.1 Å². The first kappa shape index (κ1) is 29.2. The first-order valence-electron chi connectivity index (χ1n) is 15.9. The number of carbonyl (C=O) groups excluding carboxylic acids is 1. The zero-order valence-electron chi connectivity index (χ0n) is 24.4. The number of sulfone groups is 1. The van der Waals surface area contributed by atoms with E-state index in [-0.39, 0.29) is 16.7 Å². The van der Waals surface area contributed by atoms with Gasteiger partial charge in [0.05, 0.1) is 4.90 Å². The van der Waals surface area contributed by atoms with E-state index in [1.54, 1.807) is 36.4 Å². The average Bonchev–Trinajstić information content (AvgIpc) is 3.03. The summed E-state index contributed by atoms with van der Waals surface area (Å²) in [6.45, 7) is 0. The van der Waals surface area contributed by atoms with Crippen LogP contribution in [0, 0.1) is 29.6 Å². The fourth-order valence-corrected chi connectivity index (χ4v) is 9.37. The summed E-state index contributed by atoms with van der Waals surface area (Å²) in [4.78, 5) is 38.1. The predicted octanol–water partition coefficient (Wildman–Crippen LogP) is 6.04. The van der Waals surface area contributed by atoms with Crippen LogP contribution in [0.2, 0.25) is 0 Å². The number of aryl methyl sites for hydroxylation is 1. The second-order valence-electron chi connectivity index (χ2n) is 13.4. The van der Waals surface area contributed by atoms with E-state index < -0.39 is 27.5 Å². The van der Waals surface area contributed by atoms with Crippen molar-refractivity contribution in [2.75, 3.05) is 0 Å². The molecule has 43 heavy (non-hydrogen) atoms. The summed E-state index contributed by atoms with van der Waals surface area (Å²) in [5.74, 6) is 0.0610. The number of benzene rings is 2. The smallest absolute Gasteiger partial charge is 0.239 e. The molecule has 5 aliphatic carbocycles. The van der Waals surface area contributed by atoms with Crippen molar-refractivity contribution < 1.29 is 32.8 Å². The number of rotatable bonds is 8. The van der Waals surface area contributed by atoms with Crippen molar-refractivity contribution in [1.82, 2.24) is 5.32 Å². The Morgan fingerprint density at radius 1 is 0.837 bits per heavy atom. The number of hydrogen-bond acceptors (Lipinski definition) is 7. The van der Waals surface area contributed by atoms with Gasteiger partial charge in [-0.2, -0.15) is 19.6 Å². The third-order valence-corrected chi connectivity index (χ3v) is 12.0. The Labute approximate surface area is 253 Å². The Hall–Kier alpha value is -2.56. The Balaban J connectivity index is 0.968. The molecule has 9 heteroatoms. The highest BCUT2D eigenvalue weighted by molar-refractivity contribution is 7.94. The normalized spacial score (nSPS) is 35.9. The van der Waals surface area contributed by atoms with Crippen LogP contribution in [-0.2, 0) is 40.6 Å². The SMILES string of the molecule is O=C(N[C@H](/C=C/S(=O)(=O)c1ccccc1)CCc1ccccc1)C1CCC2(CC1)OOC1(OO2)C2CC3CC(C2)CC1C3. The van der Waals surface area contributed by atoms with Crippen molar-refractivity contribution in [2.24, 2.45) is 29.6 Å². The number of hydrogen-bond donors (Lipinski definition) is 1. The fourth-order valence-electron chi connectivity index (χ4n) is 8.28. The van der Waals surface area contributed by atoms with E-state index in [9.17, 15) is 13.2 Å². The van der Waals surface area contributed by atoms with Gasteiger partial charge in [-0.05, 0) is 87.3 Å². The van der Waals surface area contributed by atoms with Crippen molar-refractivity contribution in [3.63, 3.8) is 0 Å². The summed E-state index contributed by atoms with van der Waals surface area (Å²) < 4.78 is 25.8. The molecule has 1 atom stereocenters. The number of amides is 1. The third-order valence-electron chi connectivity index (χ3n) is 10.5. The fraction of sp³-hybridized carbons (Fsp3) is 0.559. The van der Waals surface area contributed by atoms with Gasteiger partial charge in [-0.15, -0.1) is 0 Å². The Morgan fingerprint density at radius 3 is 2.02 bits per heavy atom. The van der Waals surface area contributed by atoms with Crippen LogP contribution >= 0.6 is 0 Å². The Morgan fingerprint density at radius 2 is 1.42 bits per heavy atom. The minimum absolute atomic E-state index is 0.0928. The maximum Gasteiger partial charge on any atom is 0.239 e. The quantitative estimate of drug-likeness (QED) is 0.365. The Kier molecular flexibility index (Phi) is 7.97. The standard InChI is InChI=1S/C34H41NO7S/c36-32(35-30(12-11-24-7-3-1-4-8-24)15-18-43(37,38)31-9-5-2-6-10-31)27-13-16-33(17-14-27)39-41-34(42-40-33)28-20-25-19-26(22-28)23-29(34)21-25/h1-10,15,18,25-30H,11-14,16-17,19-23H2,(H,35,36)/b18-15+/t25?,26?,27?,28?,29?,30-,33?,34?/m0/s1. The predicted molar refractivity (Wildman–Crippen MR) is 158 cm³/mol. The average molecular weight is 608 g/mol. The maximum atomic E-state index is 13.5. The molecule has 6 aliphatic rings. The first-order chi connectivity index (χ1) is 20.8. The molecule has 2 aromatic carbocycles. The lowest BCUT2D eigenvalue weighted by Gasteiger charge is -2.60. The van der Waals surface area contributed by atoms with Crippen LogP contribution in [0.15, 0.2) is 77.0 Å². The molecule has 5 saturated carbocycles. The van der Waals surface area contributed by atoms with Gasteiger partial charge < -0.3 is 5.32 Å². The molecule has 6 fully saturated rings. The molecule has 230 valence electrons. The molecule has 8 nitrogen and oxygen atoms in total. The molecule has 0 unspecified atom stereocenters. The van der Waals surface area contributed by atoms with E-state index >= 15 is 0 Å². The molecule has 1 saturated heterocycles. The topological polar surface area (TPSA) is 100 Å². The lowest BCUT2D eigenvalue weighted by atomic mass is 9.53. The van der Waals surface area contributed by atoms with Crippen molar-refractivity contribution in [1.29, 1.82) is 0 Å². The highest BCUT2D eigenvalue weighted by Gasteiger charge is 2.64. The van der Waals surface area contributed by atoms with Gasteiger partial charge in [-0.1, -0.05) is 54.6 Å². The molecule has 2 aromatic rings. The first-order valence-corrected chi connectivity index (χ1v) is 17.4. The summed E-state index contributed by atoms with van der Waals surface area (Å²) >= 11 is 0. The minimum Gasteiger partial charge on any atom is -0.350 e. The van der Waals surface area contributed by atoms with Gasteiger partial charge in [-0.25, -0.2) is 8.42 Å². The molecular weight excluding hydrogens is 566 g/mol. The lowest BCUT2D eigenvalue weighted by molar-refractivity contribution is -0.680. The monoisotopic (exact) mass is 607 g/mol. The van der Waals surface area contributed by atoms with Gasteiger partial charge in [0.15, 0.2) is 9.84 Å². The van der Waals surface area contributed by atoms with Crippen LogP contribution in [0.3, 0.4) is 0 Å². The van der Waals surface area contributed by atoms with E-state index in [0.29, 0.717) is 50.4 Å². The molecular formula is C34H41NO7S. The summed E-state index contributed by atoms with van der Waals surface area (Å²) in [5.41, 5.74) is 1.13. The van der Waals surface area contributed by atoms with Crippen molar-refractivity contribution in [3.8, 4) is 0 Å². The van der Waals surface area contributed by atoms with E-state index in [0.717, 1.165) is 43.1 Å². The molecule has 4 bridgehead atoms. The highest BCUT2D eigenvalue weighted by atomic mass is 32.2. The van der Waals surface area contributed by atoms with Gasteiger partial charge >= 0.3 is 0 Å². The van der Waals surface area contributed by atoms with Crippen LogP contribution in [0.4, 0.5) is 0 Å². The summed E-state index contributed by atoms with van der Waals surface area (Å²) in [6.07, 6.45) is 10.7. The van der Waals surface area contributed by atoms with Crippen LogP contribution in [0.25, 0.3) is 0 Å². The number of carbonyl (C=O) groups is 1. The molecule has 0 radical (unpaired) electrons. The zero-order chi connectivity index (χ0) is 29.5. The molecule has 1 heterocycles. The number of nitrogens with one attached hydrogen (secondary N) is 1. The molecule has 1 amide bonds. The Bertz CT molecular complexity index is 1380. The second-order valence-corrected chi connectivity index (χ2v) is 15.2. The molecule has 1 aliphatic heterocycles. The molecule has 0 aromatic heterocycles. The molecule has 2 spiro atoms. The third kappa shape index (κ3) is 5.94. The molecule has 8 rings (SSSR count). The van der Waals surface area contributed by atoms with Gasteiger partial charge in [-0.3, -0.25) is 4.79 Å². The highest BCUT2D eigenvalue weighted by Crippen LogP contribution is 2.61. The zero-order valence-corrected chi connectivity index (χ0v) is 25.3. The van der Waals surface area contributed by atoms with E-state index in [1.807, 2.05) is 30.3 Å². The van der Waals surface area contributed by atoms with E-state index in [4.69, 9.17) is 19.6 Å². The van der Waals surface area contributed by atoms with Crippen LogP contribution in [0.5, 0.6) is 0 Å². The van der Waals surface area contributed by atoms with Gasteiger partial charge in [0.1, 0.15) is 0 Å². The van der Waals surface area contributed by atoms with E-state index in [1.165, 1.54) is 11.8 Å². The van der Waals surface area contributed by atoms with Crippen molar-refractivity contribution >= 4 is 15.7 Å². The van der Waals surface area contributed by atoms with E-state index in [2.05, 4.69) is 5.32 Å². The molecule has 1 N–H and O–H groups in total. The summed E-state index contributed by atoms with van der Waals surface area (Å²) in [6, 6.07) is 17.9. The largest absolute Gasteiger partial charge is 0.350 e. The van der Waals surface area contributed by atoms with Crippen LogP contribution in [0.1, 0.15) is 69.8 Å². The minimum atomic E-state index is -3.63. The summed E-state index contributed by atoms with van der Waals surface area (Å²) in [5, 5.41) is 4.33. The van der Waals surface area contributed by atoms with Gasteiger partial charge in [0.25, 0.3) is 0 Å². The van der Waals surface area contributed by atoms with Gasteiger partial charge in [0.2, 0.25) is 17.5 Å².